The summed E-state index contributed by atoms with van der Waals surface area (Å²) >= 11 is 0. The molecular formula is C11H15NO4. The van der Waals surface area contributed by atoms with Gasteiger partial charge >= 0.3 is 5.97 Å². The molecule has 1 aromatic carbocycles. The van der Waals surface area contributed by atoms with Crippen molar-refractivity contribution in [3.8, 4) is 5.75 Å². The van der Waals surface area contributed by atoms with Gasteiger partial charge in [-0.1, -0.05) is 0 Å². The highest BCUT2D eigenvalue weighted by Crippen LogP contribution is 2.23. The molecule has 0 aliphatic carbocycles. The zero-order valence-electron chi connectivity index (χ0n) is 9.10. The zero-order valence-corrected chi connectivity index (χ0v) is 9.10. The molecule has 0 atom stereocenters. The van der Waals surface area contributed by atoms with Crippen molar-refractivity contribution in [3.05, 3.63) is 23.8 Å². The van der Waals surface area contributed by atoms with Crippen molar-refractivity contribution in [2.24, 2.45) is 0 Å². The van der Waals surface area contributed by atoms with Crippen molar-refractivity contribution in [1.29, 1.82) is 0 Å². The van der Waals surface area contributed by atoms with Gasteiger partial charge < -0.3 is 20.3 Å². The minimum absolute atomic E-state index is 0.108. The summed E-state index contributed by atoms with van der Waals surface area (Å²) in [6.45, 7) is 2.08. The highest BCUT2D eigenvalue weighted by atomic mass is 16.5. The standard InChI is InChI=1S/C11H15NO4/c1-2-15-11(14)8-3-4-9(12)10(7-8)16-6-5-13/h3-4,7,13H,2,5-6,12H2,1H3. The number of carbonyl (C=O) groups excluding carboxylic acids is 1. The van der Waals surface area contributed by atoms with E-state index in [1.54, 1.807) is 19.1 Å². The van der Waals surface area contributed by atoms with Gasteiger partial charge in [0.05, 0.1) is 24.5 Å². The van der Waals surface area contributed by atoms with E-state index in [9.17, 15) is 4.79 Å². The van der Waals surface area contributed by atoms with E-state index in [1.807, 2.05) is 0 Å². The lowest BCUT2D eigenvalue weighted by Gasteiger charge is -2.09. The number of benzene rings is 1. The number of ether oxygens (including phenoxy) is 2. The van der Waals surface area contributed by atoms with Gasteiger partial charge in [-0.05, 0) is 25.1 Å². The Balaban J connectivity index is 2.84. The third-order valence-corrected chi connectivity index (χ3v) is 1.87. The van der Waals surface area contributed by atoms with E-state index in [0.29, 0.717) is 23.6 Å². The summed E-state index contributed by atoms with van der Waals surface area (Å²) in [6, 6.07) is 4.64. The van der Waals surface area contributed by atoms with E-state index >= 15 is 0 Å². The first-order chi connectivity index (χ1) is 7.69. The molecule has 0 aliphatic rings. The SMILES string of the molecule is CCOC(=O)c1ccc(N)c(OCCO)c1. The molecule has 0 saturated carbocycles. The smallest absolute Gasteiger partial charge is 0.338 e. The molecule has 0 spiro atoms. The van der Waals surface area contributed by atoms with Crippen molar-refractivity contribution in [3.63, 3.8) is 0 Å². The van der Waals surface area contributed by atoms with Crippen LogP contribution in [-0.4, -0.2) is 30.9 Å². The summed E-state index contributed by atoms with van der Waals surface area (Å²) in [4.78, 5) is 11.4. The molecule has 5 heteroatoms. The highest BCUT2D eigenvalue weighted by Gasteiger charge is 2.09. The van der Waals surface area contributed by atoms with Crippen molar-refractivity contribution in [2.45, 2.75) is 6.92 Å². The number of rotatable bonds is 5. The van der Waals surface area contributed by atoms with Gasteiger partial charge in [0, 0.05) is 0 Å². The minimum atomic E-state index is -0.420. The number of hydrogen-bond donors (Lipinski definition) is 2. The summed E-state index contributed by atoms with van der Waals surface area (Å²) in [5.41, 5.74) is 6.44. The number of aliphatic hydroxyl groups excluding tert-OH is 1. The summed E-state index contributed by atoms with van der Waals surface area (Å²) in [6.07, 6.45) is 0. The zero-order chi connectivity index (χ0) is 12.0. The first kappa shape index (κ1) is 12.3. The van der Waals surface area contributed by atoms with E-state index in [4.69, 9.17) is 20.3 Å². The molecule has 0 aromatic heterocycles. The van der Waals surface area contributed by atoms with Crippen LogP contribution in [0.1, 0.15) is 17.3 Å². The van der Waals surface area contributed by atoms with Gasteiger partial charge in [-0.2, -0.15) is 0 Å². The number of esters is 1. The van der Waals surface area contributed by atoms with Crippen LogP contribution in [-0.2, 0) is 4.74 Å². The summed E-state index contributed by atoms with van der Waals surface area (Å²) < 4.78 is 10.0. The fourth-order valence-corrected chi connectivity index (χ4v) is 1.16. The predicted molar refractivity (Wildman–Crippen MR) is 59.4 cm³/mol. The van der Waals surface area contributed by atoms with E-state index in [2.05, 4.69) is 0 Å². The van der Waals surface area contributed by atoms with Crippen molar-refractivity contribution in [2.75, 3.05) is 25.6 Å². The third kappa shape index (κ3) is 3.13. The molecule has 3 N–H and O–H groups in total. The maximum Gasteiger partial charge on any atom is 0.338 e. The Morgan fingerprint density at radius 3 is 2.88 bits per heavy atom. The Kier molecular flexibility index (Phi) is 4.60. The number of hydrogen-bond acceptors (Lipinski definition) is 5. The Labute approximate surface area is 93.8 Å². The van der Waals surface area contributed by atoms with E-state index in [0.717, 1.165) is 0 Å². The monoisotopic (exact) mass is 225 g/mol. The first-order valence-electron chi connectivity index (χ1n) is 4.99. The largest absolute Gasteiger partial charge is 0.489 e. The van der Waals surface area contributed by atoms with Crippen LogP contribution in [0.2, 0.25) is 0 Å². The lowest BCUT2D eigenvalue weighted by molar-refractivity contribution is 0.0526. The second-order valence-electron chi connectivity index (χ2n) is 3.05. The van der Waals surface area contributed by atoms with Gasteiger partial charge in [-0.15, -0.1) is 0 Å². The molecular weight excluding hydrogens is 210 g/mol. The second-order valence-corrected chi connectivity index (χ2v) is 3.05. The number of anilines is 1. The molecule has 1 aromatic rings. The average molecular weight is 225 g/mol. The maximum atomic E-state index is 11.4. The Hall–Kier alpha value is -1.75. The fourth-order valence-electron chi connectivity index (χ4n) is 1.16. The molecule has 0 fully saturated rings. The quantitative estimate of drug-likeness (QED) is 0.572. The van der Waals surface area contributed by atoms with Crippen LogP contribution in [0.3, 0.4) is 0 Å². The molecule has 0 aliphatic heterocycles. The Morgan fingerprint density at radius 1 is 1.50 bits per heavy atom. The molecule has 5 nitrogen and oxygen atoms in total. The molecule has 0 amide bonds. The number of nitrogens with two attached hydrogens (primary N) is 1. The first-order valence-corrected chi connectivity index (χ1v) is 4.99. The van der Waals surface area contributed by atoms with E-state index in [1.165, 1.54) is 6.07 Å². The summed E-state index contributed by atoms with van der Waals surface area (Å²) in [5, 5.41) is 8.62. The normalized spacial score (nSPS) is 9.88. The van der Waals surface area contributed by atoms with Crippen LogP contribution in [0.5, 0.6) is 5.75 Å². The van der Waals surface area contributed by atoms with Crippen molar-refractivity contribution in [1.82, 2.24) is 0 Å². The number of nitrogen functional groups attached to an aromatic ring is 1. The molecule has 0 radical (unpaired) electrons. The minimum Gasteiger partial charge on any atom is -0.489 e. The second kappa shape index (κ2) is 5.97. The molecule has 0 bridgehead atoms. The van der Waals surface area contributed by atoms with Crippen molar-refractivity contribution >= 4 is 11.7 Å². The molecule has 0 unspecified atom stereocenters. The van der Waals surface area contributed by atoms with Gasteiger partial charge in [0.25, 0.3) is 0 Å². The van der Waals surface area contributed by atoms with E-state index < -0.39 is 5.97 Å². The lowest BCUT2D eigenvalue weighted by Crippen LogP contribution is -2.08. The van der Waals surface area contributed by atoms with Gasteiger partial charge in [-0.25, -0.2) is 4.79 Å². The van der Waals surface area contributed by atoms with Crippen LogP contribution >= 0.6 is 0 Å². The summed E-state index contributed by atoms with van der Waals surface area (Å²) in [5.74, 6) is -0.0454. The van der Waals surface area contributed by atoms with Crippen LogP contribution < -0.4 is 10.5 Å². The van der Waals surface area contributed by atoms with Crippen LogP contribution in [0.4, 0.5) is 5.69 Å². The van der Waals surface area contributed by atoms with Crippen LogP contribution in [0, 0.1) is 0 Å². The maximum absolute atomic E-state index is 11.4. The highest BCUT2D eigenvalue weighted by molar-refractivity contribution is 5.90. The molecule has 1 rings (SSSR count). The molecule has 88 valence electrons. The molecule has 16 heavy (non-hydrogen) atoms. The Morgan fingerprint density at radius 2 is 2.25 bits per heavy atom. The lowest BCUT2D eigenvalue weighted by atomic mass is 10.2. The fraction of sp³-hybridized carbons (Fsp3) is 0.364. The van der Waals surface area contributed by atoms with Gasteiger partial charge in [0.2, 0.25) is 0 Å². The molecule has 0 heterocycles. The van der Waals surface area contributed by atoms with Crippen LogP contribution in [0.15, 0.2) is 18.2 Å². The van der Waals surface area contributed by atoms with Gasteiger partial charge in [0.15, 0.2) is 0 Å². The van der Waals surface area contributed by atoms with Crippen LogP contribution in [0.25, 0.3) is 0 Å². The van der Waals surface area contributed by atoms with Crippen molar-refractivity contribution < 1.29 is 19.4 Å². The van der Waals surface area contributed by atoms with Gasteiger partial charge in [0.1, 0.15) is 12.4 Å². The summed E-state index contributed by atoms with van der Waals surface area (Å²) in [7, 11) is 0. The molecule has 0 saturated heterocycles. The topological polar surface area (TPSA) is 81.8 Å². The Bertz CT molecular complexity index is 365. The average Bonchev–Trinajstić information content (AvgIpc) is 2.28. The number of carbonyl (C=O) groups is 1. The predicted octanol–water partition coefficient (Wildman–Crippen LogP) is 0.817. The van der Waals surface area contributed by atoms with E-state index in [-0.39, 0.29) is 13.2 Å². The van der Waals surface area contributed by atoms with Gasteiger partial charge in [-0.3, -0.25) is 0 Å². The third-order valence-electron chi connectivity index (χ3n) is 1.87. The number of aliphatic hydroxyl groups is 1.